The van der Waals surface area contributed by atoms with E-state index < -0.39 is 0 Å². The minimum Gasteiger partial charge on any atom is -0.494 e. The summed E-state index contributed by atoms with van der Waals surface area (Å²) in [4.78, 5) is 0. The molecule has 2 aromatic carbocycles. The summed E-state index contributed by atoms with van der Waals surface area (Å²) in [6.07, 6.45) is 5.56. The zero-order valence-electron chi connectivity index (χ0n) is 19.0. The maximum atomic E-state index is 5.78. The molecule has 30 heavy (non-hydrogen) atoms. The molecule has 0 amide bonds. The molecular formula is C26H33N3O. The molecule has 1 aliphatic rings. The monoisotopic (exact) mass is 403 g/mol. The lowest BCUT2D eigenvalue weighted by atomic mass is 9.87. The van der Waals surface area contributed by atoms with Gasteiger partial charge in [0.25, 0.3) is 0 Å². The molecule has 0 atom stereocenters. The Kier molecular flexibility index (Phi) is 5.68. The predicted octanol–water partition coefficient (Wildman–Crippen LogP) is 6.21. The van der Waals surface area contributed by atoms with Gasteiger partial charge in [-0.1, -0.05) is 36.8 Å². The first-order valence-corrected chi connectivity index (χ1v) is 11.3. The first-order valence-electron chi connectivity index (χ1n) is 11.3. The number of fused-ring (bicyclic) bond motifs is 5. The molecule has 158 valence electrons. The SMILES string of the molecule is CCCCc1ccc2c(c1)CCc1cc(OCC)ccc1-c1nnn(C(C)(C)C)c1-2. The number of unbranched alkanes of at least 4 members (excludes halogenated alkanes) is 1. The average molecular weight is 404 g/mol. The fourth-order valence-electron chi connectivity index (χ4n) is 4.33. The molecule has 3 aromatic rings. The normalized spacial score (nSPS) is 13.1. The Morgan fingerprint density at radius 2 is 1.70 bits per heavy atom. The molecule has 0 spiro atoms. The van der Waals surface area contributed by atoms with Crippen molar-refractivity contribution in [1.29, 1.82) is 0 Å². The van der Waals surface area contributed by atoms with Gasteiger partial charge in [-0.3, -0.25) is 0 Å². The van der Waals surface area contributed by atoms with Crippen molar-refractivity contribution >= 4 is 0 Å². The summed E-state index contributed by atoms with van der Waals surface area (Å²) in [5, 5.41) is 9.30. The average Bonchev–Trinajstić information content (AvgIpc) is 3.14. The first kappa shape index (κ1) is 20.6. The Hall–Kier alpha value is -2.62. The van der Waals surface area contributed by atoms with E-state index in [9.17, 15) is 0 Å². The summed E-state index contributed by atoms with van der Waals surface area (Å²) in [5.74, 6) is 0.929. The molecule has 4 rings (SSSR count). The van der Waals surface area contributed by atoms with Crippen LogP contribution in [0.2, 0.25) is 0 Å². The number of ether oxygens (including phenoxy) is 1. The predicted molar refractivity (Wildman–Crippen MR) is 123 cm³/mol. The van der Waals surface area contributed by atoms with Gasteiger partial charge < -0.3 is 4.74 Å². The van der Waals surface area contributed by atoms with Crippen LogP contribution in [0.1, 0.15) is 64.2 Å². The number of aromatic nitrogens is 3. The zero-order chi connectivity index (χ0) is 21.3. The summed E-state index contributed by atoms with van der Waals surface area (Å²) < 4.78 is 7.88. The second-order valence-corrected chi connectivity index (χ2v) is 9.22. The highest BCUT2D eigenvalue weighted by Crippen LogP contribution is 2.40. The Morgan fingerprint density at radius 1 is 0.967 bits per heavy atom. The number of hydrogen-bond donors (Lipinski definition) is 0. The lowest BCUT2D eigenvalue weighted by molar-refractivity contribution is 0.340. The maximum absolute atomic E-state index is 5.78. The standard InChI is InChI=1S/C26H33N3O/c1-6-8-9-18-10-14-23-19(16-18)11-12-20-17-21(30-7-2)13-15-22(20)24-25(23)29(28-27-24)26(3,4)5/h10,13-17H,6-9,11-12H2,1-5H3. The number of benzene rings is 2. The van der Waals surface area contributed by atoms with Crippen molar-refractivity contribution in [2.45, 2.75) is 72.3 Å². The summed E-state index contributed by atoms with van der Waals surface area (Å²) in [7, 11) is 0. The third-order valence-corrected chi connectivity index (χ3v) is 5.86. The third kappa shape index (κ3) is 3.88. The van der Waals surface area contributed by atoms with Crippen LogP contribution in [0.4, 0.5) is 0 Å². The molecule has 0 N–H and O–H groups in total. The minimum atomic E-state index is -0.149. The van der Waals surface area contributed by atoms with Crippen molar-refractivity contribution in [3.05, 3.63) is 53.1 Å². The lowest BCUT2D eigenvalue weighted by Gasteiger charge is -2.25. The molecule has 0 unspecified atom stereocenters. The molecule has 4 nitrogen and oxygen atoms in total. The van der Waals surface area contributed by atoms with Crippen LogP contribution in [0, 0.1) is 0 Å². The van der Waals surface area contributed by atoms with Crippen molar-refractivity contribution in [3.8, 4) is 28.3 Å². The second kappa shape index (κ2) is 8.25. The molecule has 0 bridgehead atoms. The van der Waals surface area contributed by atoms with Gasteiger partial charge in [-0.2, -0.15) is 0 Å². The topological polar surface area (TPSA) is 39.9 Å². The van der Waals surface area contributed by atoms with Crippen LogP contribution in [-0.2, 0) is 24.8 Å². The van der Waals surface area contributed by atoms with E-state index in [-0.39, 0.29) is 5.54 Å². The maximum Gasteiger partial charge on any atom is 0.121 e. The van der Waals surface area contributed by atoms with Gasteiger partial charge >= 0.3 is 0 Å². The van der Waals surface area contributed by atoms with Gasteiger partial charge in [0.2, 0.25) is 0 Å². The molecule has 0 radical (unpaired) electrons. The number of hydrogen-bond acceptors (Lipinski definition) is 3. The molecule has 0 saturated carbocycles. The van der Waals surface area contributed by atoms with E-state index in [1.54, 1.807) is 0 Å². The quantitative estimate of drug-likeness (QED) is 0.509. The molecule has 1 aliphatic carbocycles. The summed E-state index contributed by atoms with van der Waals surface area (Å²) in [6.45, 7) is 11.5. The van der Waals surface area contributed by atoms with Crippen molar-refractivity contribution < 1.29 is 4.74 Å². The van der Waals surface area contributed by atoms with Crippen LogP contribution in [-0.4, -0.2) is 21.6 Å². The Balaban J connectivity index is 1.92. The van der Waals surface area contributed by atoms with Crippen molar-refractivity contribution in [3.63, 3.8) is 0 Å². The summed E-state index contributed by atoms with van der Waals surface area (Å²) in [6, 6.07) is 13.4. The highest BCUT2D eigenvalue weighted by Gasteiger charge is 2.28. The van der Waals surface area contributed by atoms with Gasteiger partial charge in [0.1, 0.15) is 11.4 Å². The Morgan fingerprint density at radius 3 is 2.40 bits per heavy atom. The highest BCUT2D eigenvalue weighted by atomic mass is 16.5. The molecular weight excluding hydrogens is 370 g/mol. The summed E-state index contributed by atoms with van der Waals surface area (Å²) >= 11 is 0. The first-order chi connectivity index (χ1) is 14.4. The fraction of sp³-hybridized carbons (Fsp3) is 0.462. The van der Waals surface area contributed by atoms with E-state index in [0.29, 0.717) is 6.61 Å². The van der Waals surface area contributed by atoms with E-state index in [2.05, 4.69) is 79.1 Å². The zero-order valence-corrected chi connectivity index (χ0v) is 19.0. The fourth-order valence-corrected chi connectivity index (χ4v) is 4.33. The molecule has 0 saturated heterocycles. The Labute approximate surface area is 180 Å². The molecule has 4 heteroatoms. The highest BCUT2D eigenvalue weighted by molar-refractivity contribution is 5.83. The van der Waals surface area contributed by atoms with Gasteiger partial charge in [0, 0.05) is 11.1 Å². The summed E-state index contributed by atoms with van der Waals surface area (Å²) in [5.41, 5.74) is 8.50. The van der Waals surface area contributed by atoms with Crippen LogP contribution in [0.15, 0.2) is 36.4 Å². The van der Waals surface area contributed by atoms with E-state index in [0.717, 1.165) is 36.4 Å². The number of nitrogens with zero attached hydrogens (tertiary/aromatic N) is 3. The van der Waals surface area contributed by atoms with E-state index >= 15 is 0 Å². The van der Waals surface area contributed by atoms with Crippen LogP contribution in [0.5, 0.6) is 5.75 Å². The second-order valence-electron chi connectivity index (χ2n) is 9.22. The van der Waals surface area contributed by atoms with Crippen molar-refractivity contribution in [2.24, 2.45) is 0 Å². The number of aryl methyl sites for hydroxylation is 3. The van der Waals surface area contributed by atoms with Crippen LogP contribution >= 0.6 is 0 Å². The third-order valence-electron chi connectivity index (χ3n) is 5.86. The van der Waals surface area contributed by atoms with Crippen LogP contribution < -0.4 is 4.74 Å². The van der Waals surface area contributed by atoms with Gasteiger partial charge in [0.05, 0.1) is 17.8 Å². The Bertz CT molecular complexity index is 1040. The number of rotatable bonds is 5. The van der Waals surface area contributed by atoms with Crippen LogP contribution in [0.25, 0.3) is 22.5 Å². The van der Waals surface area contributed by atoms with Gasteiger partial charge in [0.15, 0.2) is 0 Å². The molecule has 0 fully saturated rings. The van der Waals surface area contributed by atoms with E-state index in [4.69, 9.17) is 4.74 Å². The molecule has 0 aliphatic heterocycles. The lowest BCUT2D eigenvalue weighted by Crippen LogP contribution is -2.24. The van der Waals surface area contributed by atoms with Gasteiger partial charge in [-0.15, -0.1) is 5.10 Å². The van der Waals surface area contributed by atoms with E-state index in [1.165, 1.54) is 40.7 Å². The van der Waals surface area contributed by atoms with Gasteiger partial charge in [-0.05, 0) is 88.3 Å². The van der Waals surface area contributed by atoms with Crippen molar-refractivity contribution in [2.75, 3.05) is 6.61 Å². The minimum absolute atomic E-state index is 0.149. The largest absolute Gasteiger partial charge is 0.494 e. The van der Waals surface area contributed by atoms with Gasteiger partial charge in [-0.25, -0.2) is 4.68 Å². The van der Waals surface area contributed by atoms with E-state index in [1.807, 2.05) is 6.92 Å². The smallest absolute Gasteiger partial charge is 0.121 e. The molecule has 1 aromatic heterocycles. The van der Waals surface area contributed by atoms with Crippen molar-refractivity contribution in [1.82, 2.24) is 15.0 Å². The van der Waals surface area contributed by atoms with Crippen LogP contribution in [0.3, 0.4) is 0 Å². The molecule has 1 heterocycles.